The minimum Gasteiger partial charge on any atom is -0.377 e. The molecule has 0 spiro atoms. The summed E-state index contributed by atoms with van der Waals surface area (Å²) in [7, 11) is 0. The van der Waals surface area contributed by atoms with Gasteiger partial charge < -0.3 is 4.74 Å². The van der Waals surface area contributed by atoms with E-state index in [1.54, 1.807) is 6.08 Å². The molecule has 0 aliphatic carbocycles. The van der Waals surface area contributed by atoms with Crippen molar-refractivity contribution in [3.05, 3.63) is 24.8 Å². The van der Waals surface area contributed by atoms with E-state index in [1.807, 2.05) is 0 Å². The second-order valence-corrected chi connectivity index (χ2v) is 3.47. The Bertz CT molecular complexity index is 138. The van der Waals surface area contributed by atoms with Gasteiger partial charge in [-0.2, -0.15) is 0 Å². The maximum absolute atomic E-state index is 5.28. The van der Waals surface area contributed by atoms with Crippen molar-refractivity contribution in [1.29, 1.82) is 0 Å². The standard InChI is InChI=1S/C13H24O/c1-3-5-6-7-8-9-10-11-13-14-12-4-2/h4,8-9H,2-3,5-7,10-13H2,1H3. The normalized spacial score (nSPS) is 10.9. The van der Waals surface area contributed by atoms with E-state index in [0.29, 0.717) is 6.61 Å². The van der Waals surface area contributed by atoms with Crippen LogP contribution in [-0.4, -0.2) is 13.2 Å². The summed E-state index contributed by atoms with van der Waals surface area (Å²) in [6, 6.07) is 0. The van der Waals surface area contributed by atoms with Gasteiger partial charge >= 0.3 is 0 Å². The zero-order valence-electron chi connectivity index (χ0n) is 9.50. The van der Waals surface area contributed by atoms with Crippen LogP contribution in [0.15, 0.2) is 24.8 Å². The second kappa shape index (κ2) is 12.4. The van der Waals surface area contributed by atoms with Crippen LogP contribution in [0, 0.1) is 0 Å². The third-order valence-corrected chi connectivity index (χ3v) is 2.04. The van der Waals surface area contributed by atoms with E-state index in [1.165, 1.54) is 25.7 Å². The van der Waals surface area contributed by atoms with Crippen LogP contribution in [0.4, 0.5) is 0 Å². The van der Waals surface area contributed by atoms with Gasteiger partial charge in [-0.1, -0.05) is 38.0 Å². The lowest BCUT2D eigenvalue weighted by Crippen LogP contribution is -1.92. The van der Waals surface area contributed by atoms with E-state index in [2.05, 4.69) is 25.7 Å². The van der Waals surface area contributed by atoms with Gasteiger partial charge in [-0.25, -0.2) is 0 Å². The summed E-state index contributed by atoms with van der Waals surface area (Å²) < 4.78 is 5.28. The van der Waals surface area contributed by atoms with Crippen LogP contribution in [0.25, 0.3) is 0 Å². The fourth-order valence-electron chi connectivity index (χ4n) is 1.22. The van der Waals surface area contributed by atoms with Crippen LogP contribution < -0.4 is 0 Å². The maximum Gasteiger partial charge on any atom is 0.0644 e. The lowest BCUT2D eigenvalue weighted by molar-refractivity contribution is 0.160. The zero-order valence-corrected chi connectivity index (χ0v) is 9.50. The molecular formula is C13H24O. The molecule has 0 rings (SSSR count). The quantitative estimate of drug-likeness (QED) is 0.377. The Kier molecular flexibility index (Phi) is 11.9. The second-order valence-electron chi connectivity index (χ2n) is 3.47. The number of unbranched alkanes of at least 4 members (excludes halogenated alkanes) is 4. The summed E-state index contributed by atoms with van der Waals surface area (Å²) in [6.45, 7) is 7.37. The predicted molar refractivity (Wildman–Crippen MR) is 63.5 cm³/mol. The molecule has 0 bridgehead atoms. The SMILES string of the molecule is C=CCOCCCC=CCCCCC. The molecule has 0 unspecified atom stereocenters. The first-order valence-electron chi connectivity index (χ1n) is 5.75. The smallest absolute Gasteiger partial charge is 0.0644 e. The predicted octanol–water partition coefficient (Wildman–Crippen LogP) is 4.11. The molecule has 0 aliphatic heterocycles. The summed E-state index contributed by atoms with van der Waals surface area (Å²) in [5.41, 5.74) is 0. The largest absolute Gasteiger partial charge is 0.377 e. The highest BCUT2D eigenvalue weighted by Crippen LogP contribution is 2.01. The minimum absolute atomic E-state index is 0.681. The first-order chi connectivity index (χ1) is 6.91. The van der Waals surface area contributed by atoms with E-state index < -0.39 is 0 Å². The minimum atomic E-state index is 0.681. The number of rotatable bonds is 10. The molecule has 0 saturated heterocycles. The topological polar surface area (TPSA) is 9.23 Å². The fourth-order valence-corrected chi connectivity index (χ4v) is 1.22. The van der Waals surface area contributed by atoms with Crippen LogP contribution in [0.3, 0.4) is 0 Å². The fraction of sp³-hybridized carbons (Fsp3) is 0.692. The molecule has 1 nitrogen and oxygen atoms in total. The highest BCUT2D eigenvalue weighted by atomic mass is 16.5. The van der Waals surface area contributed by atoms with Crippen molar-refractivity contribution in [3.63, 3.8) is 0 Å². The van der Waals surface area contributed by atoms with Gasteiger partial charge in [0.15, 0.2) is 0 Å². The van der Waals surface area contributed by atoms with Crippen molar-refractivity contribution >= 4 is 0 Å². The third-order valence-electron chi connectivity index (χ3n) is 2.04. The Hall–Kier alpha value is -0.560. The summed E-state index contributed by atoms with van der Waals surface area (Å²) in [6.07, 6.45) is 13.9. The molecule has 1 heteroatoms. The Morgan fingerprint density at radius 1 is 1.07 bits per heavy atom. The summed E-state index contributed by atoms with van der Waals surface area (Å²) in [5, 5.41) is 0. The molecule has 0 aromatic heterocycles. The van der Waals surface area contributed by atoms with Crippen molar-refractivity contribution in [2.45, 2.75) is 45.4 Å². The van der Waals surface area contributed by atoms with E-state index >= 15 is 0 Å². The molecule has 0 aromatic rings. The molecule has 14 heavy (non-hydrogen) atoms. The van der Waals surface area contributed by atoms with Gasteiger partial charge in [-0.3, -0.25) is 0 Å². The van der Waals surface area contributed by atoms with Crippen LogP contribution in [0.5, 0.6) is 0 Å². The molecular weight excluding hydrogens is 172 g/mol. The lowest BCUT2D eigenvalue weighted by atomic mass is 10.2. The molecule has 0 atom stereocenters. The Labute approximate surface area is 88.9 Å². The molecule has 82 valence electrons. The Morgan fingerprint density at radius 2 is 1.79 bits per heavy atom. The van der Waals surface area contributed by atoms with Crippen molar-refractivity contribution in [2.75, 3.05) is 13.2 Å². The van der Waals surface area contributed by atoms with Crippen molar-refractivity contribution in [1.82, 2.24) is 0 Å². The molecule has 0 saturated carbocycles. The number of allylic oxidation sites excluding steroid dienone is 2. The van der Waals surface area contributed by atoms with Crippen molar-refractivity contribution < 1.29 is 4.74 Å². The van der Waals surface area contributed by atoms with Crippen molar-refractivity contribution in [3.8, 4) is 0 Å². The van der Waals surface area contributed by atoms with E-state index in [0.717, 1.165) is 19.4 Å². The molecule has 0 radical (unpaired) electrons. The monoisotopic (exact) mass is 196 g/mol. The average Bonchev–Trinajstić information content (AvgIpc) is 2.21. The van der Waals surface area contributed by atoms with Crippen molar-refractivity contribution in [2.24, 2.45) is 0 Å². The first-order valence-corrected chi connectivity index (χ1v) is 5.75. The molecule has 0 aliphatic rings. The van der Waals surface area contributed by atoms with Gasteiger partial charge in [0.25, 0.3) is 0 Å². The average molecular weight is 196 g/mol. The molecule has 0 fully saturated rings. The number of ether oxygens (including phenoxy) is 1. The van der Waals surface area contributed by atoms with E-state index in [9.17, 15) is 0 Å². The van der Waals surface area contributed by atoms with Crippen LogP contribution in [0.1, 0.15) is 45.4 Å². The van der Waals surface area contributed by atoms with Gasteiger partial charge in [0.05, 0.1) is 6.61 Å². The van der Waals surface area contributed by atoms with Gasteiger partial charge in [-0.05, 0) is 25.7 Å². The summed E-state index contributed by atoms with van der Waals surface area (Å²) >= 11 is 0. The maximum atomic E-state index is 5.28. The van der Waals surface area contributed by atoms with E-state index in [-0.39, 0.29) is 0 Å². The van der Waals surface area contributed by atoms with Gasteiger partial charge in [0.1, 0.15) is 0 Å². The van der Waals surface area contributed by atoms with Crippen LogP contribution >= 0.6 is 0 Å². The van der Waals surface area contributed by atoms with Gasteiger partial charge in [-0.15, -0.1) is 6.58 Å². The molecule has 0 N–H and O–H groups in total. The molecule has 0 heterocycles. The zero-order chi connectivity index (χ0) is 10.5. The first kappa shape index (κ1) is 13.4. The Balaban J connectivity index is 2.99. The van der Waals surface area contributed by atoms with Crippen LogP contribution in [-0.2, 0) is 4.74 Å². The molecule has 0 aromatic carbocycles. The highest BCUT2D eigenvalue weighted by Gasteiger charge is 1.84. The Morgan fingerprint density at radius 3 is 2.43 bits per heavy atom. The summed E-state index contributed by atoms with van der Waals surface area (Å²) in [5.74, 6) is 0. The van der Waals surface area contributed by atoms with Gasteiger partial charge in [0.2, 0.25) is 0 Å². The summed E-state index contributed by atoms with van der Waals surface area (Å²) in [4.78, 5) is 0. The molecule has 0 amide bonds. The number of hydrogen-bond donors (Lipinski definition) is 0. The lowest BCUT2D eigenvalue weighted by Gasteiger charge is -1.97. The number of hydrogen-bond acceptors (Lipinski definition) is 1. The highest BCUT2D eigenvalue weighted by molar-refractivity contribution is 4.81. The van der Waals surface area contributed by atoms with E-state index in [4.69, 9.17) is 4.74 Å². The third kappa shape index (κ3) is 11.4. The van der Waals surface area contributed by atoms with Crippen LogP contribution in [0.2, 0.25) is 0 Å². The van der Waals surface area contributed by atoms with Gasteiger partial charge in [0, 0.05) is 6.61 Å².